The SMILES string of the molecule is O=C(Cc1ccccc1F)N1CC[C@H]2NCCC[C@H]2C1. The molecule has 0 radical (unpaired) electrons. The fraction of sp³-hybridized carbons (Fsp3) is 0.562. The second kappa shape index (κ2) is 5.92. The van der Waals surface area contributed by atoms with Gasteiger partial charge in [-0.25, -0.2) is 4.39 Å². The van der Waals surface area contributed by atoms with Crippen LogP contribution in [0.3, 0.4) is 0 Å². The zero-order valence-electron chi connectivity index (χ0n) is 11.6. The van der Waals surface area contributed by atoms with E-state index in [4.69, 9.17) is 0 Å². The van der Waals surface area contributed by atoms with Crippen LogP contribution in [0.5, 0.6) is 0 Å². The summed E-state index contributed by atoms with van der Waals surface area (Å²) < 4.78 is 13.6. The number of benzene rings is 1. The van der Waals surface area contributed by atoms with Gasteiger partial charge < -0.3 is 10.2 Å². The number of hydrogen-bond acceptors (Lipinski definition) is 2. The van der Waals surface area contributed by atoms with Crippen molar-refractivity contribution < 1.29 is 9.18 Å². The third-order valence-electron chi connectivity index (χ3n) is 4.54. The van der Waals surface area contributed by atoms with Crippen LogP contribution in [0.25, 0.3) is 0 Å². The van der Waals surface area contributed by atoms with Crippen LogP contribution in [0.15, 0.2) is 24.3 Å². The minimum absolute atomic E-state index is 0.0547. The van der Waals surface area contributed by atoms with Crippen LogP contribution in [-0.2, 0) is 11.2 Å². The number of rotatable bonds is 2. The predicted octanol–water partition coefficient (Wildman–Crippen LogP) is 1.97. The lowest BCUT2D eigenvalue weighted by atomic mass is 9.85. The van der Waals surface area contributed by atoms with E-state index in [0.717, 1.165) is 26.1 Å². The van der Waals surface area contributed by atoms with Gasteiger partial charge >= 0.3 is 0 Å². The summed E-state index contributed by atoms with van der Waals surface area (Å²) >= 11 is 0. The maximum absolute atomic E-state index is 13.6. The molecule has 4 heteroatoms. The van der Waals surface area contributed by atoms with E-state index in [1.54, 1.807) is 18.2 Å². The van der Waals surface area contributed by atoms with Crippen LogP contribution < -0.4 is 5.32 Å². The standard InChI is InChI=1S/C16H21FN2O/c17-14-6-2-1-4-12(14)10-16(20)19-9-7-15-13(11-19)5-3-8-18-15/h1-2,4,6,13,15,18H,3,5,7-11H2/t13-,15+/m0/s1. The normalized spacial score (nSPS) is 26.1. The number of carbonyl (C=O) groups excluding carboxylic acids is 1. The van der Waals surface area contributed by atoms with Gasteiger partial charge in [0.05, 0.1) is 6.42 Å². The average molecular weight is 276 g/mol. The molecule has 1 aromatic carbocycles. The number of carbonyl (C=O) groups is 1. The molecule has 20 heavy (non-hydrogen) atoms. The summed E-state index contributed by atoms with van der Waals surface area (Å²) in [6, 6.07) is 7.12. The molecular weight excluding hydrogens is 255 g/mol. The second-order valence-corrected chi connectivity index (χ2v) is 5.86. The lowest BCUT2D eigenvalue weighted by molar-refractivity contribution is -0.133. The number of hydrogen-bond donors (Lipinski definition) is 1. The minimum Gasteiger partial charge on any atom is -0.342 e. The van der Waals surface area contributed by atoms with Crippen molar-refractivity contribution >= 4 is 5.91 Å². The van der Waals surface area contributed by atoms with E-state index < -0.39 is 0 Å². The quantitative estimate of drug-likeness (QED) is 0.895. The Bertz CT molecular complexity index is 491. The molecule has 2 atom stereocenters. The summed E-state index contributed by atoms with van der Waals surface area (Å²) in [7, 11) is 0. The van der Waals surface area contributed by atoms with Gasteiger partial charge in [-0.1, -0.05) is 18.2 Å². The smallest absolute Gasteiger partial charge is 0.227 e. The van der Waals surface area contributed by atoms with E-state index in [-0.39, 0.29) is 18.1 Å². The van der Waals surface area contributed by atoms with Gasteiger partial charge in [0.15, 0.2) is 0 Å². The molecule has 2 aliphatic heterocycles. The largest absolute Gasteiger partial charge is 0.342 e. The molecule has 3 nitrogen and oxygen atoms in total. The summed E-state index contributed by atoms with van der Waals surface area (Å²) in [5.41, 5.74) is 0.501. The van der Waals surface area contributed by atoms with Crippen LogP contribution in [0, 0.1) is 11.7 Å². The Kier molecular flexibility index (Phi) is 4.01. The van der Waals surface area contributed by atoms with Crippen molar-refractivity contribution in [2.75, 3.05) is 19.6 Å². The summed E-state index contributed by atoms with van der Waals surface area (Å²) in [4.78, 5) is 14.3. The summed E-state index contributed by atoms with van der Waals surface area (Å²) in [6.07, 6.45) is 3.59. The van der Waals surface area contributed by atoms with E-state index in [1.807, 2.05) is 4.90 Å². The van der Waals surface area contributed by atoms with Gasteiger partial charge in [0.2, 0.25) is 5.91 Å². The van der Waals surface area contributed by atoms with Crippen LogP contribution in [0.4, 0.5) is 4.39 Å². The Labute approximate surface area is 119 Å². The maximum atomic E-state index is 13.6. The molecule has 0 saturated carbocycles. The molecule has 0 bridgehead atoms. The Morgan fingerprint density at radius 1 is 1.35 bits per heavy atom. The molecule has 3 rings (SSSR count). The van der Waals surface area contributed by atoms with Crippen molar-refractivity contribution in [3.63, 3.8) is 0 Å². The molecule has 1 N–H and O–H groups in total. The first-order valence-electron chi connectivity index (χ1n) is 7.48. The molecule has 0 aromatic heterocycles. The topological polar surface area (TPSA) is 32.3 Å². The molecule has 0 aliphatic carbocycles. The zero-order chi connectivity index (χ0) is 13.9. The number of halogens is 1. The predicted molar refractivity (Wildman–Crippen MR) is 75.8 cm³/mol. The Morgan fingerprint density at radius 2 is 2.20 bits per heavy atom. The highest BCUT2D eigenvalue weighted by molar-refractivity contribution is 5.79. The number of nitrogens with one attached hydrogen (secondary N) is 1. The van der Waals surface area contributed by atoms with Gasteiger partial charge in [-0.3, -0.25) is 4.79 Å². The molecule has 108 valence electrons. The highest BCUT2D eigenvalue weighted by Gasteiger charge is 2.32. The summed E-state index contributed by atoms with van der Waals surface area (Å²) in [6.45, 7) is 2.72. The van der Waals surface area contributed by atoms with E-state index in [1.165, 1.54) is 18.9 Å². The lowest BCUT2D eigenvalue weighted by Crippen LogP contribution is -2.53. The molecule has 2 fully saturated rings. The van der Waals surface area contributed by atoms with Crippen molar-refractivity contribution in [3.05, 3.63) is 35.6 Å². The van der Waals surface area contributed by atoms with E-state index in [2.05, 4.69) is 5.32 Å². The molecule has 2 saturated heterocycles. The third-order valence-corrected chi connectivity index (χ3v) is 4.54. The van der Waals surface area contributed by atoms with Crippen LogP contribution in [0.2, 0.25) is 0 Å². The van der Waals surface area contributed by atoms with E-state index >= 15 is 0 Å². The summed E-state index contributed by atoms with van der Waals surface area (Å²) in [5.74, 6) is 0.344. The first kappa shape index (κ1) is 13.6. The van der Waals surface area contributed by atoms with Crippen LogP contribution in [0.1, 0.15) is 24.8 Å². The van der Waals surface area contributed by atoms with E-state index in [9.17, 15) is 9.18 Å². The fourth-order valence-electron chi connectivity index (χ4n) is 3.39. The van der Waals surface area contributed by atoms with E-state index in [0.29, 0.717) is 17.5 Å². The Hall–Kier alpha value is -1.42. The molecule has 0 spiro atoms. The highest BCUT2D eigenvalue weighted by atomic mass is 19.1. The number of fused-ring (bicyclic) bond motifs is 1. The molecule has 1 amide bonds. The Morgan fingerprint density at radius 3 is 3.05 bits per heavy atom. The molecule has 2 aliphatic rings. The van der Waals surface area contributed by atoms with Gasteiger partial charge in [-0.05, 0) is 43.4 Å². The van der Waals surface area contributed by atoms with Crippen LogP contribution >= 0.6 is 0 Å². The number of nitrogens with zero attached hydrogens (tertiary/aromatic N) is 1. The monoisotopic (exact) mass is 276 g/mol. The highest BCUT2D eigenvalue weighted by Crippen LogP contribution is 2.25. The first-order valence-corrected chi connectivity index (χ1v) is 7.48. The van der Waals surface area contributed by atoms with Crippen molar-refractivity contribution in [1.82, 2.24) is 10.2 Å². The van der Waals surface area contributed by atoms with Gasteiger partial charge in [-0.15, -0.1) is 0 Å². The van der Waals surface area contributed by atoms with Crippen molar-refractivity contribution in [2.24, 2.45) is 5.92 Å². The first-order chi connectivity index (χ1) is 9.74. The van der Waals surface area contributed by atoms with Crippen molar-refractivity contribution in [3.8, 4) is 0 Å². The fourth-order valence-corrected chi connectivity index (χ4v) is 3.39. The molecule has 2 heterocycles. The number of likely N-dealkylation sites (tertiary alicyclic amines) is 1. The Balaban J connectivity index is 1.62. The minimum atomic E-state index is -0.282. The average Bonchev–Trinajstić information content (AvgIpc) is 2.49. The van der Waals surface area contributed by atoms with Crippen molar-refractivity contribution in [2.45, 2.75) is 31.7 Å². The molecule has 0 unspecified atom stereocenters. The van der Waals surface area contributed by atoms with Gasteiger partial charge in [0.1, 0.15) is 5.82 Å². The lowest BCUT2D eigenvalue weighted by Gasteiger charge is -2.41. The molecular formula is C16H21FN2O. The second-order valence-electron chi connectivity index (χ2n) is 5.86. The third kappa shape index (κ3) is 2.85. The summed E-state index contributed by atoms with van der Waals surface area (Å²) in [5, 5.41) is 3.54. The van der Waals surface area contributed by atoms with Crippen molar-refractivity contribution in [1.29, 1.82) is 0 Å². The maximum Gasteiger partial charge on any atom is 0.227 e. The number of amides is 1. The molecule has 1 aromatic rings. The number of piperidine rings is 2. The van der Waals surface area contributed by atoms with Gasteiger partial charge in [0.25, 0.3) is 0 Å². The van der Waals surface area contributed by atoms with Crippen LogP contribution in [-0.4, -0.2) is 36.5 Å². The zero-order valence-corrected chi connectivity index (χ0v) is 11.6. The van der Waals surface area contributed by atoms with Gasteiger partial charge in [0, 0.05) is 19.1 Å². The van der Waals surface area contributed by atoms with Gasteiger partial charge in [-0.2, -0.15) is 0 Å².